The highest BCUT2D eigenvalue weighted by molar-refractivity contribution is 7.11. The van der Waals surface area contributed by atoms with Crippen LogP contribution in [0.5, 0.6) is 0 Å². The second kappa shape index (κ2) is 7.07. The first-order valence-electron chi connectivity index (χ1n) is 7.46. The molecule has 0 radical (unpaired) electrons. The van der Waals surface area contributed by atoms with Gasteiger partial charge in [0.1, 0.15) is 11.1 Å². The standard InChI is InChI=1S/C19H13N3O2S/c1-13-2-4-14(5-3-13)10-16(11-20)19-21-18(12-25-19)15-6-8-17(9-7-15)22(23)24/h2-10,12H,1H3/b16-10+. The third kappa shape index (κ3) is 3.79. The van der Waals surface area contributed by atoms with Crippen molar-refractivity contribution in [2.75, 3.05) is 0 Å². The molecule has 0 aliphatic heterocycles. The van der Waals surface area contributed by atoms with Gasteiger partial charge in [0.2, 0.25) is 0 Å². The monoisotopic (exact) mass is 347 g/mol. The van der Waals surface area contributed by atoms with Crippen molar-refractivity contribution in [2.45, 2.75) is 6.92 Å². The van der Waals surface area contributed by atoms with Gasteiger partial charge in [0, 0.05) is 23.1 Å². The number of hydrogen-bond donors (Lipinski definition) is 0. The normalized spacial score (nSPS) is 11.1. The molecule has 122 valence electrons. The first-order valence-corrected chi connectivity index (χ1v) is 8.34. The SMILES string of the molecule is Cc1ccc(/C=C(\C#N)c2nc(-c3ccc([N+](=O)[O-])cc3)cs2)cc1. The highest BCUT2D eigenvalue weighted by Gasteiger charge is 2.11. The van der Waals surface area contributed by atoms with Crippen molar-refractivity contribution in [1.29, 1.82) is 5.26 Å². The first-order chi connectivity index (χ1) is 12.1. The van der Waals surface area contributed by atoms with Crippen LogP contribution in [0.25, 0.3) is 22.9 Å². The van der Waals surface area contributed by atoms with Crippen LogP contribution in [0.2, 0.25) is 0 Å². The zero-order chi connectivity index (χ0) is 17.8. The highest BCUT2D eigenvalue weighted by Crippen LogP contribution is 2.28. The van der Waals surface area contributed by atoms with E-state index < -0.39 is 4.92 Å². The molecule has 25 heavy (non-hydrogen) atoms. The Morgan fingerprint density at radius 1 is 1.20 bits per heavy atom. The maximum Gasteiger partial charge on any atom is 0.269 e. The molecule has 3 rings (SSSR count). The average molecular weight is 347 g/mol. The molecule has 0 atom stereocenters. The van der Waals surface area contributed by atoms with E-state index in [1.165, 1.54) is 23.5 Å². The molecule has 1 heterocycles. The van der Waals surface area contributed by atoms with Gasteiger partial charge in [-0.1, -0.05) is 29.8 Å². The number of nitro groups is 1. The molecule has 1 aromatic heterocycles. The van der Waals surface area contributed by atoms with Crippen LogP contribution >= 0.6 is 11.3 Å². The number of benzene rings is 2. The van der Waals surface area contributed by atoms with Crippen molar-refractivity contribution in [2.24, 2.45) is 0 Å². The number of thiazole rings is 1. The summed E-state index contributed by atoms with van der Waals surface area (Å²) in [5.41, 5.74) is 4.10. The van der Waals surface area contributed by atoms with Crippen molar-refractivity contribution in [3.63, 3.8) is 0 Å². The molecule has 0 spiro atoms. The Balaban J connectivity index is 1.90. The molecule has 0 amide bonds. The van der Waals surface area contributed by atoms with E-state index in [1.807, 2.05) is 36.6 Å². The Morgan fingerprint density at radius 3 is 2.48 bits per heavy atom. The van der Waals surface area contributed by atoms with Gasteiger partial charge in [-0.3, -0.25) is 10.1 Å². The van der Waals surface area contributed by atoms with Gasteiger partial charge in [-0.25, -0.2) is 4.98 Å². The lowest BCUT2D eigenvalue weighted by atomic mass is 10.1. The number of nitriles is 1. The summed E-state index contributed by atoms with van der Waals surface area (Å²) in [5, 5.41) is 22.6. The Morgan fingerprint density at radius 2 is 1.88 bits per heavy atom. The molecule has 0 aliphatic rings. The fourth-order valence-corrected chi connectivity index (χ4v) is 3.05. The molecule has 6 heteroatoms. The zero-order valence-corrected chi connectivity index (χ0v) is 14.2. The van der Waals surface area contributed by atoms with Crippen LogP contribution in [0.3, 0.4) is 0 Å². The van der Waals surface area contributed by atoms with Crippen LogP contribution in [0.4, 0.5) is 5.69 Å². The van der Waals surface area contributed by atoms with Crippen molar-refractivity contribution < 1.29 is 4.92 Å². The smallest absolute Gasteiger partial charge is 0.258 e. The lowest BCUT2D eigenvalue weighted by Gasteiger charge is -1.98. The van der Waals surface area contributed by atoms with E-state index in [-0.39, 0.29) is 5.69 Å². The second-order valence-electron chi connectivity index (χ2n) is 5.42. The molecule has 2 aromatic carbocycles. The van der Waals surface area contributed by atoms with Gasteiger partial charge in [-0.2, -0.15) is 5.26 Å². The predicted molar refractivity (Wildman–Crippen MR) is 98.9 cm³/mol. The van der Waals surface area contributed by atoms with Gasteiger partial charge in [0.25, 0.3) is 5.69 Å². The van der Waals surface area contributed by atoms with Crippen LogP contribution < -0.4 is 0 Å². The van der Waals surface area contributed by atoms with E-state index >= 15 is 0 Å². The Labute approximate surface area is 148 Å². The van der Waals surface area contributed by atoms with Crippen LogP contribution in [-0.4, -0.2) is 9.91 Å². The average Bonchev–Trinajstić information content (AvgIpc) is 3.11. The fraction of sp³-hybridized carbons (Fsp3) is 0.0526. The minimum atomic E-state index is -0.436. The van der Waals surface area contributed by atoms with E-state index in [1.54, 1.807) is 18.2 Å². The summed E-state index contributed by atoms with van der Waals surface area (Å²) in [7, 11) is 0. The summed E-state index contributed by atoms with van der Waals surface area (Å²) in [6.45, 7) is 2.01. The van der Waals surface area contributed by atoms with E-state index in [9.17, 15) is 15.4 Å². The number of nitro benzene ring substituents is 1. The van der Waals surface area contributed by atoms with Gasteiger partial charge in [0.15, 0.2) is 0 Å². The molecular weight excluding hydrogens is 334 g/mol. The topological polar surface area (TPSA) is 79.8 Å². The maximum atomic E-state index is 10.7. The number of rotatable bonds is 4. The molecule has 0 unspecified atom stereocenters. The van der Waals surface area contributed by atoms with Gasteiger partial charge < -0.3 is 0 Å². The summed E-state index contributed by atoms with van der Waals surface area (Å²) in [4.78, 5) is 14.8. The van der Waals surface area contributed by atoms with Crippen molar-refractivity contribution >= 4 is 28.7 Å². The molecule has 0 fully saturated rings. The van der Waals surface area contributed by atoms with Crippen molar-refractivity contribution in [3.05, 3.63) is 80.2 Å². The number of non-ortho nitro benzene ring substituents is 1. The Kier molecular flexibility index (Phi) is 4.68. The van der Waals surface area contributed by atoms with Gasteiger partial charge in [0.05, 0.1) is 16.2 Å². The first kappa shape index (κ1) is 16.6. The van der Waals surface area contributed by atoms with Crippen LogP contribution in [0.1, 0.15) is 16.1 Å². The fourth-order valence-electron chi connectivity index (χ4n) is 2.26. The summed E-state index contributed by atoms with van der Waals surface area (Å²) in [6, 6.07) is 16.3. The minimum absolute atomic E-state index is 0.0381. The Bertz CT molecular complexity index is 981. The molecule has 0 aliphatic carbocycles. The lowest BCUT2D eigenvalue weighted by Crippen LogP contribution is -1.87. The number of hydrogen-bond acceptors (Lipinski definition) is 5. The second-order valence-corrected chi connectivity index (χ2v) is 6.28. The quantitative estimate of drug-likeness (QED) is 0.374. The highest BCUT2D eigenvalue weighted by atomic mass is 32.1. The van der Waals surface area contributed by atoms with Crippen LogP contribution in [-0.2, 0) is 0 Å². The van der Waals surface area contributed by atoms with Crippen LogP contribution in [0, 0.1) is 28.4 Å². The molecule has 0 saturated carbocycles. The number of allylic oxidation sites excluding steroid dienone is 1. The van der Waals surface area contributed by atoms with Crippen LogP contribution in [0.15, 0.2) is 53.9 Å². The Hall–Kier alpha value is -3.30. The molecule has 0 saturated heterocycles. The number of nitrogens with zero attached hydrogens (tertiary/aromatic N) is 3. The number of aromatic nitrogens is 1. The molecule has 5 nitrogen and oxygen atoms in total. The molecule has 0 N–H and O–H groups in total. The summed E-state index contributed by atoms with van der Waals surface area (Å²) < 4.78 is 0. The van der Waals surface area contributed by atoms with E-state index in [0.717, 1.165) is 16.7 Å². The van der Waals surface area contributed by atoms with Crippen molar-refractivity contribution in [1.82, 2.24) is 4.98 Å². The van der Waals surface area contributed by atoms with E-state index in [0.29, 0.717) is 16.3 Å². The van der Waals surface area contributed by atoms with E-state index in [4.69, 9.17) is 0 Å². The predicted octanol–water partition coefficient (Wildman–Crippen LogP) is 5.09. The van der Waals surface area contributed by atoms with E-state index in [2.05, 4.69) is 11.1 Å². The minimum Gasteiger partial charge on any atom is -0.258 e. The largest absolute Gasteiger partial charge is 0.269 e. The lowest BCUT2D eigenvalue weighted by molar-refractivity contribution is -0.384. The molecule has 3 aromatic rings. The molecule has 0 bridgehead atoms. The summed E-state index contributed by atoms with van der Waals surface area (Å²) >= 11 is 1.37. The maximum absolute atomic E-state index is 10.7. The summed E-state index contributed by atoms with van der Waals surface area (Å²) in [5.74, 6) is 0. The number of aryl methyl sites for hydroxylation is 1. The van der Waals surface area contributed by atoms with Gasteiger partial charge in [-0.05, 0) is 30.7 Å². The summed E-state index contributed by atoms with van der Waals surface area (Å²) in [6.07, 6.45) is 1.80. The third-order valence-corrected chi connectivity index (χ3v) is 4.49. The molecular formula is C19H13N3O2S. The van der Waals surface area contributed by atoms with Crippen molar-refractivity contribution in [3.8, 4) is 17.3 Å². The van der Waals surface area contributed by atoms with Gasteiger partial charge in [-0.15, -0.1) is 11.3 Å². The third-order valence-electron chi connectivity index (χ3n) is 3.62. The zero-order valence-electron chi connectivity index (χ0n) is 13.3. The van der Waals surface area contributed by atoms with Gasteiger partial charge >= 0.3 is 0 Å².